The summed E-state index contributed by atoms with van der Waals surface area (Å²) in [5.74, 6) is -1.06. The number of esters is 1. The van der Waals surface area contributed by atoms with E-state index in [9.17, 15) is 14.7 Å². The maximum absolute atomic E-state index is 12.3. The summed E-state index contributed by atoms with van der Waals surface area (Å²) in [7, 11) is 0. The zero-order valence-corrected chi connectivity index (χ0v) is 12.6. The molecular weight excluding hydrogens is 286 g/mol. The second-order valence-corrected chi connectivity index (χ2v) is 4.67. The summed E-state index contributed by atoms with van der Waals surface area (Å²) in [6, 6.07) is 2.97. The van der Waals surface area contributed by atoms with Crippen molar-refractivity contribution in [3.05, 3.63) is 40.8 Å². The number of H-pyrrole nitrogens is 1. The minimum atomic E-state index is -0.495. The average Bonchev–Trinajstić information content (AvgIpc) is 2.77. The van der Waals surface area contributed by atoms with Gasteiger partial charge in [-0.25, -0.2) is 9.78 Å². The Hall–Kier alpha value is -2.83. The highest BCUT2D eigenvalue weighted by Crippen LogP contribution is 2.22. The number of ether oxygens (including phenoxy) is 1. The number of amides is 1. The number of rotatable bonds is 4. The smallest absolute Gasteiger partial charge is 0.340 e. The number of aryl methyl sites for hydroxylation is 1. The molecule has 0 aliphatic heterocycles. The van der Waals surface area contributed by atoms with Gasteiger partial charge in [-0.05, 0) is 38.5 Å². The molecule has 0 atom stereocenters. The van der Waals surface area contributed by atoms with Crippen LogP contribution in [-0.4, -0.2) is 33.6 Å². The van der Waals surface area contributed by atoms with E-state index in [4.69, 9.17) is 4.74 Å². The van der Waals surface area contributed by atoms with Crippen molar-refractivity contribution in [3.63, 3.8) is 0 Å². The van der Waals surface area contributed by atoms with Crippen molar-refractivity contribution in [2.75, 3.05) is 11.9 Å². The van der Waals surface area contributed by atoms with Crippen LogP contribution >= 0.6 is 0 Å². The van der Waals surface area contributed by atoms with Crippen LogP contribution in [0.2, 0.25) is 0 Å². The molecule has 0 aromatic carbocycles. The molecule has 0 fully saturated rings. The fourth-order valence-electron chi connectivity index (χ4n) is 2.15. The zero-order valence-electron chi connectivity index (χ0n) is 12.6. The SMILES string of the molecule is CCOC(=O)c1c(C)[nH]c(C(=O)Nc2ncccc2O)c1C. The van der Waals surface area contributed by atoms with Gasteiger partial charge in [0.15, 0.2) is 11.6 Å². The molecule has 116 valence electrons. The Morgan fingerprint density at radius 2 is 2.14 bits per heavy atom. The van der Waals surface area contributed by atoms with Crippen molar-refractivity contribution in [1.82, 2.24) is 9.97 Å². The molecule has 2 rings (SSSR count). The Kier molecular flexibility index (Phi) is 4.45. The molecule has 0 saturated carbocycles. The first kappa shape index (κ1) is 15.6. The molecule has 0 radical (unpaired) electrons. The average molecular weight is 303 g/mol. The molecule has 0 unspecified atom stereocenters. The third-order valence-corrected chi connectivity index (χ3v) is 3.16. The lowest BCUT2D eigenvalue weighted by atomic mass is 10.1. The predicted octanol–water partition coefficient (Wildman–Crippen LogP) is 2.16. The third kappa shape index (κ3) is 2.93. The summed E-state index contributed by atoms with van der Waals surface area (Å²) in [5, 5.41) is 12.1. The number of carbonyl (C=O) groups is 2. The minimum Gasteiger partial charge on any atom is -0.504 e. The van der Waals surface area contributed by atoms with Gasteiger partial charge in [-0.15, -0.1) is 0 Å². The third-order valence-electron chi connectivity index (χ3n) is 3.16. The molecule has 2 aromatic heterocycles. The van der Waals surface area contributed by atoms with Gasteiger partial charge >= 0.3 is 5.97 Å². The topological polar surface area (TPSA) is 104 Å². The summed E-state index contributed by atoms with van der Waals surface area (Å²) < 4.78 is 4.98. The molecule has 0 spiro atoms. The van der Waals surface area contributed by atoms with E-state index in [1.54, 1.807) is 26.8 Å². The number of hydrogen-bond donors (Lipinski definition) is 3. The standard InChI is InChI=1S/C15H17N3O4/c1-4-22-15(21)11-8(2)12(17-9(11)3)14(20)18-13-10(19)6-5-7-16-13/h5-7,17,19H,4H2,1-3H3,(H,16,18,20). The molecule has 3 N–H and O–H groups in total. The van der Waals surface area contributed by atoms with E-state index in [2.05, 4.69) is 15.3 Å². The van der Waals surface area contributed by atoms with Gasteiger partial charge in [0.2, 0.25) is 0 Å². The quantitative estimate of drug-likeness (QED) is 0.751. The lowest BCUT2D eigenvalue weighted by molar-refractivity contribution is 0.0525. The van der Waals surface area contributed by atoms with Gasteiger partial charge in [-0.3, -0.25) is 4.79 Å². The van der Waals surface area contributed by atoms with Crippen LogP contribution in [0, 0.1) is 13.8 Å². The Labute approximate surface area is 127 Å². The van der Waals surface area contributed by atoms with E-state index in [-0.39, 0.29) is 23.9 Å². The van der Waals surface area contributed by atoms with Gasteiger partial charge in [-0.2, -0.15) is 0 Å². The van der Waals surface area contributed by atoms with E-state index >= 15 is 0 Å². The van der Waals surface area contributed by atoms with E-state index in [1.807, 2.05) is 0 Å². The Morgan fingerprint density at radius 1 is 1.41 bits per heavy atom. The van der Waals surface area contributed by atoms with Crippen molar-refractivity contribution in [2.45, 2.75) is 20.8 Å². The van der Waals surface area contributed by atoms with E-state index < -0.39 is 11.9 Å². The van der Waals surface area contributed by atoms with Crippen LogP contribution in [0.15, 0.2) is 18.3 Å². The van der Waals surface area contributed by atoms with E-state index in [1.165, 1.54) is 12.3 Å². The fourth-order valence-corrected chi connectivity index (χ4v) is 2.15. The molecule has 0 saturated heterocycles. The Balaban J connectivity index is 2.30. The number of nitrogens with zero attached hydrogens (tertiary/aromatic N) is 1. The number of carbonyl (C=O) groups excluding carboxylic acids is 2. The summed E-state index contributed by atoms with van der Waals surface area (Å²) in [6.07, 6.45) is 1.45. The number of aromatic amines is 1. The molecule has 2 aromatic rings. The Bertz CT molecular complexity index is 722. The lowest BCUT2D eigenvalue weighted by Crippen LogP contribution is -2.15. The highest BCUT2D eigenvalue weighted by atomic mass is 16.5. The molecule has 7 nitrogen and oxygen atoms in total. The highest BCUT2D eigenvalue weighted by Gasteiger charge is 2.23. The van der Waals surface area contributed by atoms with Crippen LogP contribution in [-0.2, 0) is 4.74 Å². The zero-order chi connectivity index (χ0) is 16.3. The van der Waals surface area contributed by atoms with Crippen LogP contribution in [0.4, 0.5) is 5.82 Å². The van der Waals surface area contributed by atoms with E-state index in [0.717, 1.165) is 0 Å². The molecule has 22 heavy (non-hydrogen) atoms. The van der Waals surface area contributed by atoms with Crippen LogP contribution < -0.4 is 5.32 Å². The monoisotopic (exact) mass is 303 g/mol. The summed E-state index contributed by atoms with van der Waals surface area (Å²) in [6.45, 7) is 5.32. The first-order valence-electron chi connectivity index (χ1n) is 6.77. The van der Waals surface area contributed by atoms with Crippen LogP contribution in [0.3, 0.4) is 0 Å². The van der Waals surface area contributed by atoms with E-state index in [0.29, 0.717) is 16.8 Å². The van der Waals surface area contributed by atoms with Gasteiger partial charge in [0.1, 0.15) is 5.69 Å². The van der Waals surface area contributed by atoms with Gasteiger partial charge in [0.05, 0.1) is 12.2 Å². The molecule has 7 heteroatoms. The normalized spacial score (nSPS) is 10.3. The summed E-state index contributed by atoms with van der Waals surface area (Å²) >= 11 is 0. The number of aromatic hydroxyl groups is 1. The van der Waals surface area contributed by atoms with Crippen LogP contribution in [0.5, 0.6) is 5.75 Å². The van der Waals surface area contributed by atoms with Crippen molar-refractivity contribution in [3.8, 4) is 5.75 Å². The lowest BCUT2D eigenvalue weighted by Gasteiger charge is -2.06. The minimum absolute atomic E-state index is 0.0526. The largest absolute Gasteiger partial charge is 0.504 e. The second kappa shape index (κ2) is 6.30. The number of pyridine rings is 1. The Morgan fingerprint density at radius 3 is 2.77 bits per heavy atom. The maximum Gasteiger partial charge on any atom is 0.340 e. The van der Waals surface area contributed by atoms with Crippen molar-refractivity contribution < 1.29 is 19.4 Å². The second-order valence-electron chi connectivity index (χ2n) is 4.67. The van der Waals surface area contributed by atoms with Crippen molar-refractivity contribution >= 4 is 17.7 Å². The molecule has 0 bridgehead atoms. The van der Waals surface area contributed by atoms with Gasteiger partial charge in [0.25, 0.3) is 5.91 Å². The maximum atomic E-state index is 12.3. The van der Waals surface area contributed by atoms with Gasteiger partial charge < -0.3 is 20.1 Å². The first-order chi connectivity index (χ1) is 10.5. The van der Waals surface area contributed by atoms with Crippen LogP contribution in [0.25, 0.3) is 0 Å². The van der Waals surface area contributed by atoms with Gasteiger partial charge in [0, 0.05) is 11.9 Å². The molecule has 0 aliphatic carbocycles. The first-order valence-corrected chi connectivity index (χ1v) is 6.77. The molecule has 2 heterocycles. The highest BCUT2D eigenvalue weighted by molar-refractivity contribution is 6.06. The molecular formula is C15H17N3O4. The number of nitrogens with one attached hydrogen (secondary N) is 2. The molecule has 1 amide bonds. The fraction of sp³-hybridized carbons (Fsp3) is 0.267. The number of anilines is 1. The van der Waals surface area contributed by atoms with Crippen molar-refractivity contribution in [1.29, 1.82) is 0 Å². The van der Waals surface area contributed by atoms with Crippen LogP contribution in [0.1, 0.15) is 39.0 Å². The summed E-state index contributed by atoms with van der Waals surface area (Å²) in [5.41, 5.74) is 1.61. The van der Waals surface area contributed by atoms with Crippen molar-refractivity contribution in [2.24, 2.45) is 0 Å². The predicted molar refractivity (Wildman–Crippen MR) is 80.1 cm³/mol. The van der Waals surface area contributed by atoms with Gasteiger partial charge in [-0.1, -0.05) is 0 Å². The molecule has 0 aliphatic rings. The summed E-state index contributed by atoms with van der Waals surface area (Å²) in [4.78, 5) is 30.9. The number of aromatic nitrogens is 2. The number of hydrogen-bond acceptors (Lipinski definition) is 5.